The normalized spacial score (nSPS) is 51.8. The molecule has 0 amide bonds. The number of fused-ring (bicyclic) bond motifs is 5. The Kier molecular flexibility index (Phi) is 3.73. The number of alkyl halides is 2. The molecule has 1 heterocycles. The number of halogens is 2. The Hall–Kier alpha value is 0.260. The molecule has 3 nitrogen and oxygen atoms in total. The highest BCUT2D eigenvalue weighted by molar-refractivity contribution is 9.26. The summed E-state index contributed by atoms with van der Waals surface area (Å²) in [5.74, 6) is 1.91. The molecule has 4 fully saturated rings. The summed E-state index contributed by atoms with van der Waals surface area (Å²) >= 11 is 7.42. The Balaban J connectivity index is 1.69. The van der Waals surface area contributed by atoms with Crippen LogP contribution in [0.5, 0.6) is 0 Å². The van der Waals surface area contributed by atoms with E-state index in [0.29, 0.717) is 36.6 Å². The largest absolute Gasteiger partial charge is 0.369 e. The molecule has 3 saturated carbocycles. The van der Waals surface area contributed by atoms with Crippen LogP contribution < -0.4 is 0 Å². The number of carbonyl (C=O) groups excluding carboxylic acids is 2. The number of hydrogen-bond acceptors (Lipinski definition) is 3. The van der Waals surface area contributed by atoms with Gasteiger partial charge in [0.05, 0.1) is 11.5 Å². The number of carbonyl (C=O) groups is 2. The predicted molar refractivity (Wildman–Crippen MR) is 94.7 cm³/mol. The van der Waals surface area contributed by atoms with Crippen molar-refractivity contribution in [3.63, 3.8) is 0 Å². The minimum Gasteiger partial charge on any atom is -0.369 e. The standard InChI is InChI=1S/C18H24Br2O3/c1-16-8-6-13(21)18(19,20)12(16)4-3-10-11(16)5-7-17(2)14(22)9-23-15(10)17/h10-12,15H,3-9H2,1-2H3/t10-,11-,12?,15+,16-,17-/m1/s1. The second kappa shape index (κ2) is 5.14. The van der Waals surface area contributed by atoms with Crippen LogP contribution in [0.4, 0.5) is 0 Å². The summed E-state index contributed by atoms with van der Waals surface area (Å²) in [4.78, 5) is 24.7. The molecule has 4 rings (SSSR count). The van der Waals surface area contributed by atoms with Gasteiger partial charge >= 0.3 is 0 Å². The minimum absolute atomic E-state index is 0.0872. The minimum atomic E-state index is -0.564. The molecule has 1 aliphatic heterocycles. The second-order valence-corrected chi connectivity index (χ2v) is 12.1. The average molecular weight is 448 g/mol. The van der Waals surface area contributed by atoms with E-state index in [4.69, 9.17) is 4.74 Å². The zero-order valence-corrected chi connectivity index (χ0v) is 16.9. The summed E-state index contributed by atoms with van der Waals surface area (Å²) in [7, 11) is 0. The monoisotopic (exact) mass is 446 g/mol. The fourth-order valence-corrected chi connectivity index (χ4v) is 8.15. The van der Waals surface area contributed by atoms with Gasteiger partial charge in [0.25, 0.3) is 0 Å². The fourth-order valence-electron chi connectivity index (χ4n) is 6.25. The van der Waals surface area contributed by atoms with Gasteiger partial charge in [0.15, 0.2) is 11.6 Å². The Morgan fingerprint density at radius 3 is 2.52 bits per heavy atom. The number of hydrogen-bond donors (Lipinski definition) is 0. The summed E-state index contributed by atoms with van der Waals surface area (Å²) < 4.78 is 5.44. The molecule has 6 atom stereocenters. The van der Waals surface area contributed by atoms with Crippen molar-refractivity contribution in [3.8, 4) is 0 Å². The summed E-state index contributed by atoms with van der Waals surface area (Å²) in [5, 5.41) is 0. The number of Topliss-reactive ketones (excluding diaryl/α,β-unsaturated/α-hetero) is 2. The van der Waals surface area contributed by atoms with Crippen LogP contribution >= 0.6 is 31.9 Å². The maximum Gasteiger partial charge on any atom is 0.166 e. The molecular formula is C18H24Br2O3. The van der Waals surface area contributed by atoms with Gasteiger partial charge in [0.1, 0.15) is 9.84 Å². The van der Waals surface area contributed by atoms with Crippen LogP contribution in [-0.4, -0.2) is 27.5 Å². The molecule has 1 unspecified atom stereocenters. The third-order valence-electron chi connectivity index (χ3n) is 7.67. The van der Waals surface area contributed by atoms with E-state index in [0.717, 1.165) is 32.1 Å². The Morgan fingerprint density at radius 2 is 1.78 bits per heavy atom. The molecule has 0 radical (unpaired) electrons. The van der Waals surface area contributed by atoms with Crippen LogP contribution in [0.2, 0.25) is 0 Å². The summed E-state index contributed by atoms with van der Waals surface area (Å²) in [5.41, 5.74) is -0.130. The topological polar surface area (TPSA) is 43.4 Å². The first-order valence-electron chi connectivity index (χ1n) is 8.77. The Bertz CT molecular complexity index is 575. The molecule has 0 N–H and O–H groups in total. The van der Waals surface area contributed by atoms with Gasteiger partial charge in [-0.2, -0.15) is 0 Å². The van der Waals surface area contributed by atoms with Crippen LogP contribution in [0.1, 0.15) is 52.4 Å². The van der Waals surface area contributed by atoms with Gasteiger partial charge in [-0.25, -0.2) is 0 Å². The fraction of sp³-hybridized carbons (Fsp3) is 0.889. The van der Waals surface area contributed by atoms with Crippen LogP contribution in [0.3, 0.4) is 0 Å². The van der Waals surface area contributed by atoms with Crippen molar-refractivity contribution < 1.29 is 14.3 Å². The molecule has 0 aromatic carbocycles. The van der Waals surface area contributed by atoms with Gasteiger partial charge in [0.2, 0.25) is 0 Å². The molecule has 5 heteroatoms. The number of ketones is 2. The van der Waals surface area contributed by atoms with E-state index in [2.05, 4.69) is 45.7 Å². The first kappa shape index (κ1) is 16.7. The first-order chi connectivity index (χ1) is 10.7. The first-order valence-corrected chi connectivity index (χ1v) is 10.4. The average Bonchev–Trinajstić information content (AvgIpc) is 2.79. The highest BCUT2D eigenvalue weighted by Crippen LogP contribution is 2.66. The second-order valence-electron chi connectivity index (χ2n) is 8.56. The van der Waals surface area contributed by atoms with Crippen molar-refractivity contribution in [2.75, 3.05) is 6.61 Å². The van der Waals surface area contributed by atoms with Crippen molar-refractivity contribution in [3.05, 3.63) is 0 Å². The SMILES string of the molecule is C[C@]12CCC(=O)C(Br)(Br)C1CC[C@@H]1[C@H]2CC[C@]2(C)C(=O)CO[C@@H]12. The van der Waals surface area contributed by atoms with Crippen molar-refractivity contribution in [2.45, 2.75) is 61.7 Å². The molecule has 23 heavy (non-hydrogen) atoms. The molecule has 0 aromatic heterocycles. The third-order valence-corrected chi connectivity index (χ3v) is 9.66. The van der Waals surface area contributed by atoms with Crippen LogP contribution in [0.25, 0.3) is 0 Å². The molecule has 1 saturated heterocycles. The van der Waals surface area contributed by atoms with Crippen molar-refractivity contribution in [1.29, 1.82) is 0 Å². The van der Waals surface area contributed by atoms with Gasteiger partial charge in [0, 0.05) is 6.42 Å². The summed E-state index contributed by atoms with van der Waals surface area (Å²) in [6.45, 7) is 4.78. The van der Waals surface area contributed by atoms with E-state index in [1.165, 1.54) is 0 Å². The molecule has 3 aliphatic carbocycles. The highest BCUT2D eigenvalue weighted by atomic mass is 79.9. The predicted octanol–water partition coefficient (Wildman–Crippen LogP) is 4.25. The van der Waals surface area contributed by atoms with Crippen molar-refractivity contribution >= 4 is 43.4 Å². The van der Waals surface area contributed by atoms with Gasteiger partial charge in [-0.1, -0.05) is 45.7 Å². The number of ether oxygens (including phenoxy) is 1. The molecule has 0 bridgehead atoms. The zero-order valence-electron chi connectivity index (χ0n) is 13.7. The summed E-state index contributed by atoms with van der Waals surface area (Å²) in [6.07, 6.45) is 5.79. The van der Waals surface area contributed by atoms with Crippen LogP contribution in [0.15, 0.2) is 0 Å². The zero-order chi connectivity index (χ0) is 16.6. The number of rotatable bonds is 0. The maximum absolute atomic E-state index is 12.4. The van der Waals surface area contributed by atoms with E-state index in [1.807, 2.05) is 0 Å². The molecular weight excluding hydrogens is 424 g/mol. The van der Waals surface area contributed by atoms with E-state index in [-0.39, 0.29) is 22.7 Å². The van der Waals surface area contributed by atoms with E-state index in [9.17, 15) is 9.59 Å². The third kappa shape index (κ3) is 2.08. The molecule has 4 aliphatic rings. The van der Waals surface area contributed by atoms with E-state index < -0.39 is 3.23 Å². The van der Waals surface area contributed by atoms with Gasteiger partial charge in [-0.3, -0.25) is 9.59 Å². The van der Waals surface area contributed by atoms with Crippen molar-refractivity contribution in [1.82, 2.24) is 0 Å². The van der Waals surface area contributed by atoms with Gasteiger partial charge in [-0.15, -0.1) is 0 Å². The van der Waals surface area contributed by atoms with E-state index >= 15 is 0 Å². The molecule has 128 valence electrons. The lowest BCUT2D eigenvalue weighted by atomic mass is 9.46. The van der Waals surface area contributed by atoms with Crippen LogP contribution in [-0.2, 0) is 14.3 Å². The Labute approximate surface area is 154 Å². The smallest absolute Gasteiger partial charge is 0.166 e. The van der Waals surface area contributed by atoms with E-state index in [1.54, 1.807) is 0 Å². The summed E-state index contributed by atoms with van der Waals surface area (Å²) in [6, 6.07) is 0. The lowest BCUT2D eigenvalue weighted by molar-refractivity contribution is -0.150. The molecule has 0 spiro atoms. The Morgan fingerprint density at radius 1 is 1.04 bits per heavy atom. The lowest BCUT2D eigenvalue weighted by Gasteiger charge is -2.60. The molecule has 0 aromatic rings. The maximum atomic E-state index is 12.4. The lowest BCUT2D eigenvalue weighted by Crippen LogP contribution is -2.60. The highest BCUT2D eigenvalue weighted by Gasteiger charge is 2.65. The van der Waals surface area contributed by atoms with Gasteiger partial charge < -0.3 is 4.74 Å². The quantitative estimate of drug-likeness (QED) is 0.521. The van der Waals surface area contributed by atoms with Crippen molar-refractivity contribution in [2.24, 2.45) is 28.6 Å². The van der Waals surface area contributed by atoms with Gasteiger partial charge in [-0.05, 0) is 55.3 Å². The van der Waals surface area contributed by atoms with Crippen LogP contribution in [0, 0.1) is 28.6 Å².